The summed E-state index contributed by atoms with van der Waals surface area (Å²) < 4.78 is 25.3. The first-order valence-corrected chi connectivity index (χ1v) is 12.6. The number of likely N-dealkylation sites (N-methyl/N-ethyl adjacent to an activating group) is 1. The highest BCUT2D eigenvalue weighted by molar-refractivity contribution is 7.89. The molecule has 1 aliphatic carbocycles. The van der Waals surface area contributed by atoms with Gasteiger partial charge in [-0.1, -0.05) is 19.3 Å². The van der Waals surface area contributed by atoms with Crippen LogP contribution < -0.4 is 20.8 Å². The third kappa shape index (κ3) is 3.59. The van der Waals surface area contributed by atoms with Crippen LogP contribution in [-0.2, 0) is 15.6 Å². The Morgan fingerprint density at radius 2 is 1.94 bits per heavy atom. The fourth-order valence-electron chi connectivity index (χ4n) is 4.87. The minimum absolute atomic E-state index is 0.0529. The molecular weight excluding hydrogens is 442 g/mol. The molecule has 0 aromatic carbocycles. The number of pyridine rings is 1. The molecule has 33 heavy (non-hydrogen) atoms. The predicted octanol–water partition coefficient (Wildman–Crippen LogP) is 2.25. The number of nitrogens with one attached hydrogen (secondary N) is 2. The van der Waals surface area contributed by atoms with Gasteiger partial charge in [-0.2, -0.15) is 10.1 Å². The van der Waals surface area contributed by atoms with Crippen LogP contribution >= 0.6 is 0 Å². The standard InChI is InChI=1S/C21H27N9O2S/c1-3-29-17-11-14-12-25-20(26-16-8-7-15(13-24-16)33(22,31)32)27-18(14)30(17)21(19(23-2)28-29)9-5-4-6-10-21/h7-8,11-13H,3-6,9-10H2,1-2H3,(H,23,28)(H2,22,31,32)(H,24,25,26,27). The second kappa shape index (κ2) is 7.96. The fraction of sp³-hybridized carbons (Fsp3) is 0.429. The van der Waals surface area contributed by atoms with Crippen molar-refractivity contribution in [1.82, 2.24) is 24.8 Å². The van der Waals surface area contributed by atoms with Crippen LogP contribution in [-0.4, -0.2) is 47.4 Å². The highest BCUT2D eigenvalue weighted by atomic mass is 32.2. The largest absolute Gasteiger partial charge is 0.373 e. The first kappa shape index (κ1) is 21.6. The Balaban J connectivity index is 1.59. The van der Waals surface area contributed by atoms with Crippen molar-refractivity contribution in [2.24, 2.45) is 10.2 Å². The molecular formula is C21H27N9O2S. The number of hydrogen-bond donors (Lipinski definition) is 3. The van der Waals surface area contributed by atoms with Gasteiger partial charge in [-0.3, -0.25) is 4.57 Å². The van der Waals surface area contributed by atoms with Gasteiger partial charge in [0.1, 0.15) is 33.6 Å². The minimum atomic E-state index is -3.80. The van der Waals surface area contributed by atoms with E-state index in [1.807, 2.05) is 12.1 Å². The van der Waals surface area contributed by atoms with E-state index in [-0.39, 0.29) is 10.4 Å². The average Bonchev–Trinajstić information content (AvgIpc) is 3.20. The van der Waals surface area contributed by atoms with E-state index in [0.29, 0.717) is 11.8 Å². The first-order chi connectivity index (χ1) is 15.9. The molecule has 12 heteroatoms. The molecule has 0 unspecified atom stereocenters. The van der Waals surface area contributed by atoms with Gasteiger partial charge in [0.05, 0.1) is 0 Å². The molecule has 174 valence electrons. The van der Waals surface area contributed by atoms with Crippen molar-refractivity contribution in [3.8, 4) is 0 Å². The number of nitrogens with two attached hydrogens (primary N) is 1. The molecule has 4 heterocycles. The Hall–Kier alpha value is -3.25. The molecule has 1 fully saturated rings. The van der Waals surface area contributed by atoms with Crippen molar-refractivity contribution in [1.29, 1.82) is 0 Å². The van der Waals surface area contributed by atoms with E-state index in [9.17, 15) is 8.42 Å². The highest BCUT2D eigenvalue weighted by Gasteiger charge is 2.45. The van der Waals surface area contributed by atoms with Gasteiger partial charge in [-0.25, -0.2) is 28.5 Å². The van der Waals surface area contributed by atoms with Crippen LogP contribution in [0.1, 0.15) is 39.0 Å². The Bertz CT molecular complexity index is 1330. The SMILES string of the molecule is CCN1N=C(NC)C2(CCCCC2)n2c1cc1cnc(Nc3ccc(S(N)(=O)=O)cn3)nc12. The summed E-state index contributed by atoms with van der Waals surface area (Å²) in [6, 6.07) is 5.02. The quantitative estimate of drug-likeness (QED) is 0.528. The van der Waals surface area contributed by atoms with Crippen molar-refractivity contribution in [3.05, 3.63) is 30.6 Å². The molecule has 1 saturated carbocycles. The summed E-state index contributed by atoms with van der Waals surface area (Å²) in [5, 5.41) is 19.4. The maximum absolute atomic E-state index is 11.5. The van der Waals surface area contributed by atoms with Gasteiger partial charge in [-0.05, 0) is 38.0 Å². The number of hydrazone groups is 1. The minimum Gasteiger partial charge on any atom is -0.373 e. The molecule has 5 rings (SSSR count). The van der Waals surface area contributed by atoms with Crippen molar-refractivity contribution in [2.45, 2.75) is 49.5 Å². The van der Waals surface area contributed by atoms with Gasteiger partial charge < -0.3 is 10.6 Å². The summed E-state index contributed by atoms with van der Waals surface area (Å²) in [5.74, 6) is 2.77. The summed E-state index contributed by atoms with van der Waals surface area (Å²) in [6.07, 6.45) is 8.45. The van der Waals surface area contributed by atoms with E-state index >= 15 is 0 Å². The van der Waals surface area contributed by atoms with Crippen molar-refractivity contribution in [2.75, 3.05) is 23.9 Å². The van der Waals surface area contributed by atoms with Crippen molar-refractivity contribution in [3.63, 3.8) is 0 Å². The normalized spacial score (nSPS) is 17.7. The van der Waals surface area contributed by atoms with Crippen LogP contribution in [0.3, 0.4) is 0 Å². The van der Waals surface area contributed by atoms with Crippen molar-refractivity contribution < 1.29 is 8.42 Å². The van der Waals surface area contributed by atoms with Crippen LogP contribution in [0.2, 0.25) is 0 Å². The van der Waals surface area contributed by atoms with Gasteiger partial charge in [0.25, 0.3) is 0 Å². The number of anilines is 3. The maximum Gasteiger partial charge on any atom is 0.239 e. The second-order valence-corrected chi connectivity index (χ2v) is 9.93. The lowest BCUT2D eigenvalue weighted by molar-refractivity contribution is 0.276. The summed E-state index contributed by atoms with van der Waals surface area (Å²) in [7, 11) is -1.87. The van der Waals surface area contributed by atoms with Gasteiger partial charge in [-0.15, -0.1) is 0 Å². The van der Waals surface area contributed by atoms with Gasteiger partial charge in [0.15, 0.2) is 0 Å². The molecule has 0 atom stereocenters. The van der Waals surface area contributed by atoms with Crippen LogP contribution in [0.25, 0.3) is 11.0 Å². The highest BCUT2D eigenvalue weighted by Crippen LogP contribution is 2.44. The molecule has 11 nitrogen and oxygen atoms in total. The lowest BCUT2D eigenvalue weighted by Gasteiger charge is -2.45. The number of amidine groups is 1. The third-order valence-corrected chi connectivity index (χ3v) is 7.30. The van der Waals surface area contributed by atoms with Gasteiger partial charge >= 0.3 is 0 Å². The number of rotatable bonds is 4. The number of aromatic nitrogens is 4. The molecule has 1 aliphatic heterocycles. The van der Waals surface area contributed by atoms with Crippen LogP contribution in [0.5, 0.6) is 0 Å². The smallest absolute Gasteiger partial charge is 0.239 e. The summed E-state index contributed by atoms with van der Waals surface area (Å²) >= 11 is 0. The van der Waals surface area contributed by atoms with Crippen molar-refractivity contribution >= 4 is 44.5 Å². The number of fused-ring (bicyclic) bond motifs is 4. The second-order valence-electron chi connectivity index (χ2n) is 8.37. The van der Waals surface area contributed by atoms with Crippen LogP contribution in [0, 0.1) is 0 Å². The summed E-state index contributed by atoms with van der Waals surface area (Å²) in [6.45, 7) is 2.81. The molecule has 0 saturated heterocycles. The Morgan fingerprint density at radius 1 is 1.15 bits per heavy atom. The molecule has 4 N–H and O–H groups in total. The Kier molecular flexibility index (Phi) is 5.20. The first-order valence-electron chi connectivity index (χ1n) is 11.0. The molecule has 3 aromatic heterocycles. The predicted molar refractivity (Wildman–Crippen MR) is 127 cm³/mol. The van der Waals surface area contributed by atoms with E-state index in [2.05, 4.69) is 38.2 Å². The van der Waals surface area contributed by atoms with E-state index in [1.165, 1.54) is 24.8 Å². The van der Waals surface area contributed by atoms with Crippen LogP contribution in [0.4, 0.5) is 17.6 Å². The lowest BCUT2D eigenvalue weighted by atomic mass is 9.79. The van der Waals surface area contributed by atoms with Crippen LogP contribution in [0.15, 0.2) is 40.6 Å². The molecule has 3 aromatic rings. The molecule has 1 spiro atoms. The zero-order valence-corrected chi connectivity index (χ0v) is 19.4. The third-order valence-electron chi connectivity index (χ3n) is 6.40. The monoisotopic (exact) mass is 469 g/mol. The lowest BCUT2D eigenvalue weighted by Crippen LogP contribution is -2.53. The van der Waals surface area contributed by atoms with E-state index in [4.69, 9.17) is 15.2 Å². The zero-order chi connectivity index (χ0) is 23.2. The molecule has 2 aliphatic rings. The van der Waals surface area contributed by atoms with E-state index < -0.39 is 10.0 Å². The van der Waals surface area contributed by atoms with Gasteiger partial charge in [0, 0.05) is 31.4 Å². The number of nitrogens with zero attached hydrogens (tertiary/aromatic N) is 6. The van der Waals surface area contributed by atoms with E-state index in [0.717, 1.165) is 54.9 Å². The average molecular weight is 470 g/mol. The number of primary sulfonamides is 1. The maximum atomic E-state index is 11.5. The summed E-state index contributed by atoms with van der Waals surface area (Å²) in [5.41, 5.74) is 0.559. The molecule has 0 radical (unpaired) electrons. The topological polar surface area (TPSA) is 143 Å². The Morgan fingerprint density at radius 3 is 2.58 bits per heavy atom. The molecule has 0 amide bonds. The molecule has 0 bridgehead atoms. The Labute approximate surface area is 192 Å². The van der Waals surface area contributed by atoms with E-state index in [1.54, 1.807) is 6.20 Å². The number of hydrogen-bond acceptors (Lipinski definition) is 9. The number of sulfonamides is 1. The fourth-order valence-corrected chi connectivity index (χ4v) is 5.33. The van der Waals surface area contributed by atoms with Gasteiger partial charge in [0.2, 0.25) is 16.0 Å². The summed E-state index contributed by atoms with van der Waals surface area (Å²) in [4.78, 5) is 13.4. The zero-order valence-electron chi connectivity index (χ0n) is 18.6.